The number of nitrogens with zero attached hydrogens (tertiary/aromatic N) is 3. The molecule has 1 N–H and O–H groups in total. The van der Waals surface area contributed by atoms with Gasteiger partial charge in [-0.2, -0.15) is 15.3 Å². The Morgan fingerprint density at radius 1 is 1.17 bits per heavy atom. The number of nitrogens with one attached hydrogen (secondary N) is 1. The summed E-state index contributed by atoms with van der Waals surface area (Å²) >= 11 is 3.37. The van der Waals surface area contributed by atoms with Crippen LogP contribution in [0.1, 0.15) is 0 Å². The molecule has 12 heavy (non-hydrogen) atoms. The lowest BCUT2D eigenvalue weighted by atomic mass is 10.2. The lowest BCUT2D eigenvalue weighted by Gasteiger charge is -1.96. The van der Waals surface area contributed by atoms with Crippen LogP contribution in [0.15, 0.2) is 29.3 Å². The van der Waals surface area contributed by atoms with Crippen molar-refractivity contribution in [2.75, 3.05) is 0 Å². The molecular formula is C7H5BrN4. The Balaban J connectivity index is 2.55. The van der Waals surface area contributed by atoms with Gasteiger partial charge in [0.25, 0.3) is 0 Å². The first kappa shape index (κ1) is 7.42. The number of hydrogen-bond acceptors (Lipinski definition) is 3. The van der Waals surface area contributed by atoms with Crippen LogP contribution >= 0.6 is 15.9 Å². The molecule has 0 saturated heterocycles. The fourth-order valence-corrected chi connectivity index (χ4v) is 1.34. The quantitative estimate of drug-likeness (QED) is 0.802. The van der Waals surface area contributed by atoms with E-state index in [0.29, 0.717) is 0 Å². The van der Waals surface area contributed by atoms with E-state index in [-0.39, 0.29) is 0 Å². The molecule has 0 atom stereocenters. The second-order valence-electron chi connectivity index (χ2n) is 2.24. The molecule has 0 radical (unpaired) electrons. The zero-order chi connectivity index (χ0) is 8.39. The first-order valence-electron chi connectivity index (χ1n) is 3.33. The van der Waals surface area contributed by atoms with Gasteiger partial charge in [-0.05, 0) is 15.9 Å². The summed E-state index contributed by atoms with van der Waals surface area (Å²) in [6.45, 7) is 0. The summed E-state index contributed by atoms with van der Waals surface area (Å²) in [6, 6.07) is 0. The summed E-state index contributed by atoms with van der Waals surface area (Å²) in [4.78, 5) is 0. The smallest absolute Gasteiger partial charge is 0.0644 e. The van der Waals surface area contributed by atoms with Gasteiger partial charge in [-0.25, -0.2) is 0 Å². The first-order chi connectivity index (χ1) is 5.88. The van der Waals surface area contributed by atoms with Gasteiger partial charge in [0.2, 0.25) is 0 Å². The molecule has 0 amide bonds. The maximum Gasteiger partial charge on any atom is 0.0644 e. The largest absolute Gasteiger partial charge is 0.285 e. The summed E-state index contributed by atoms with van der Waals surface area (Å²) in [5.74, 6) is 0. The molecule has 5 heteroatoms. The highest BCUT2D eigenvalue weighted by Crippen LogP contribution is 2.24. The molecule has 0 aliphatic heterocycles. The number of hydrogen-bond donors (Lipinski definition) is 1. The lowest BCUT2D eigenvalue weighted by molar-refractivity contribution is 1.03. The minimum absolute atomic E-state index is 0.916. The van der Waals surface area contributed by atoms with E-state index in [1.807, 2.05) is 6.20 Å². The van der Waals surface area contributed by atoms with Crippen LogP contribution in [-0.4, -0.2) is 20.4 Å². The first-order valence-corrected chi connectivity index (χ1v) is 4.12. The summed E-state index contributed by atoms with van der Waals surface area (Å²) in [5, 5.41) is 14.1. The standard InChI is InChI=1S/C7H5BrN4/c8-7-4-12-11-3-6(7)5-1-9-10-2-5/h1-4H,(H,9,10). The van der Waals surface area contributed by atoms with Gasteiger partial charge in [-0.3, -0.25) is 5.10 Å². The van der Waals surface area contributed by atoms with Crippen molar-refractivity contribution in [1.82, 2.24) is 20.4 Å². The number of aromatic nitrogens is 4. The fraction of sp³-hybridized carbons (Fsp3) is 0. The molecule has 0 spiro atoms. The fourth-order valence-electron chi connectivity index (χ4n) is 0.917. The van der Waals surface area contributed by atoms with Gasteiger partial charge in [0, 0.05) is 21.8 Å². The van der Waals surface area contributed by atoms with Gasteiger partial charge >= 0.3 is 0 Å². The van der Waals surface area contributed by atoms with E-state index in [1.54, 1.807) is 18.6 Å². The monoisotopic (exact) mass is 224 g/mol. The summed E-state index contributed by atoms with van der Waals surface area (Å²) in [5.41, 5.74) is 1.98. The van der Waals surface area contributed by atoms with E-state index in [1.165, 1.54) is 0 Å². The molecule has 2 heterocycles. The van der Waals surface area contributed by atoms with Gasteiger partial charge in [-0.1, -0.05) is 0 Å². The molecule has 0 bridgehead atoms. The predicted octanol–water partition coefficient (Wildman–Crippen LogP) is 1.63. The summed E-state index contributed by atoms with van der Waals surface area (Å²) in [7, 11) is 0. The van der Waals surface area contributed by atoms with Crippen LogP contribution in [0.3, 0.4) is 0 Å². The van der Waals surface area contributed by atoms with Crippen molar-refractivity contribution < 1.29 is 0 Å². The zero-order valence-electron chi connectivity index (χ0n) is 6.03. The maximum absolute atomic E-state index is 3.85. The predicted molar refractivity (Wildman–Crippen MR) is 47.3 cm³/mol. The topological polar surface area (TPSA) is 54.5 Å². The van der Waals surface area contributed by atoms with Crippen LogP contribution in [0.4, 0.5) is 0 Å². The molecule has 0 aliphatic carbocycles. The van der Waals surface area contributed by atoms with E-state index in [4.69, 9.17) is 0 Å². The Morgan fingerprint density at radius 2 is 2.00 bits per heavy atom. The van der Waals surface area contributed by atoms with Crippen molar-refractivity contribution in [2.24, 2.45) is 0 Å². The van der Waals surface area contributed by atoms with Crippen molar-refractivity contribution in [1.29, 1.82) is 0 Å². The number of H-pyrrole nitrogens is 1. The molecule has 0 aliphatic rings. The van der Waals surface area contributed by atoms with E-state index in [0.717, 1.165) is 15.6 Å². The average molecular weight is 225 g/mol. The van der Waals surface area contributed by atoms with Gasteiger partial charge in [-0.15, -0.1) is 0 Å². The molecule has 0 fully saturated rings. The van der Waals surface area contributed by atoms with Gasteiger partial charge in [0.05, 0.1) is 18.6 Å². The second-order valence-corrected chi connectivity index (χ2v) is 3.09. The highest BCUT2D eigenvalue weighted by molar-refractivity contribution is 9.10. The molecule has 4 nitrogen and oxygen atoms in total. The number of halogens is 1. The van der Waals surface area contributed by atoms with Crippen LogP contribution < -0.4 is 0 Å². The molecule has 0 aromatic carbocycles. The molecule has 2 rings (SSSR count). The van der Waals surface area contributed by atoms with Crippen molar-refractivity contribution in [3.63, 3.8) is 0 Å². The van der Waals surface area contributed by atoms with Crippen molar-refractivity contribution in [2.45, 2.75) is 0 Å². The molecule has 60 valence electrons. The lowest BCUT2D eigenvalue weighted by Crippen LogP contribution is -1.82. The Bertz CT molecular complexity index is 371. The molecule has 2 aromatic rings. The van der Waals surface area contributed by atoms with Gasteiger partial charge in [0.1, 0.15) is 0 Å². The Kier molecular flexibility index (Phi) is 1.87. The van der Waals surface area contributed by atoms with Crippen molar-refractivity contribution in [3.8, 4) is 11.1 Å². The van der Waals surface area contributed by atoms with Crippen molar-refractivity contribution >= 4 is 15.9 Å². The average Bonchev–Trinajstić information content (AvgIpc) is 2.57. The summed E-state index contributed by atoms with van der Waals surface area (Å²) < 4.78 is 0.916. The van der Waals surface area contributed by atoms with E-state index >= 15 is 0 Å². The minimum atomic E-state index is 0.916. The Labute approximate surface area is 77.2 Å². The van der Waals surface area contributed by atoms with Crippen LogP contribution in [0.2, 0.25) is 0 Å². The molecular weight excluding hydrogens is 220 g/mol. The van der Waals surface area contributed by atoms with Gasteiger partial charge in [0.15, 0.2) is 0 Å². The molecule has 0 unspecified atom stereocenters. The van der Waals surface area contributed by atoms with E-state index in [2.05, 4.69) is 36.3 Å². The SMILES string of the molecule is Brc1cnncc1-c1cn[nH]c1. The van der Waals surface area contributed by atoms with E-state index in [9.17, 15) is 0 Å². The third-order valence-electron chi connectivity index (χ3n) is 1.49. The van der Waals surface area contributed by atoms with Crippen LogP contribution in [0, 0.1) is 0 Å². The molecule has 2 aromatic heterocycles. The molecule has 0 saturated carbocycles. The normalized spacial score (nSPS) is 10.1. The highest BCUT2D eigenvalue weighted by atomic mass is 79.9. The maximum atomic E-state index is 3.85. The third kappa shape index (κ3) is 1.23. The van der Waals surface area contributed by atoms with E-state index < -0.39 is 0 Å². The zero-order valence-corrected chi connectivity index (χ0v) is 7.62. The second kappa shape index (κ2) is 3.02. The van der Waals surface area contributed by atoms with Crippen LogP contribution in [0.5, 0.6) is 0 Å². The number of rotatable bonds is 1. The Hall–Kier alpha value is -1.23. The highest BCUT2D eigenvalue weighted by Gasteiger charge is 2.02. The van der Waals surface area contributed by atoms with Crippen LogP contribution in [-0.2, 0) is 0 Å². The Morgan fingerprint density at radius 3 is 2.67 bits per heavy atom. The number of aromatic amines is 1. The minimum Gasteiger partial charge on any atom is -0.285 e. The summed E-state index contributed by atoms with van der Waals surface area (Å²) in [6.07, 6.45) is 6.89. The van der Waals surface area contributed by atoms with Gasteiger partial charge < -0.3 is 0 Å². The van der Waals surface area contributed by atoms with Crippen LogP contribution in [0.25, 0.3) is 11.1 Å². The van der Waals surface area contributed by atoms with Crippen molar-refractivity contribution in [3.05, 3.63) is 29.3 Å². The third-order valence-corrected chi connectivity index (χ3v) is 2.12.